The normalized spacial score (nSPS) is 23.9. The number of unbranched alkanes of at least 4 members (excludes halogenated alkanes) is 2. The Morgan fingerprint density at radius 1 is 0.957 bits per heavy atom. The van der Waals surface area contributed by atoms with Crippen molar-refractivity contribution in [2.45, 2.75) is 88.2 Å². The van der Waals surface area contributed by atoms with Crippen LogP contribution in [0.1, 0.15) is 91.6 Å². The standard InChI is InChI=1S/C53H66N4O13/c1-4-26-67-53-47(57(22-28-65-29-25-60)51(61)36-16-14-35(34-54)15-17-36)33-44(56-70-48-13-7-10-27-66-48)41-30-37(11-5-8-23-58)40(12-6-9-24-59)49(50(41)53)42-31-39(19-21-45(42)69-53)68-52(62)55-43-20-18-38(63-2)32-46(43)64-3/h4,14-21,30-32,37,40,47-50,58-60H,1,5-13,22-29,33H2,2-3H3,(H,55,62). The Morgan fingerprint density at radius 3 is 2.44 bits per heavy atom. The van der Waals surface area contributed by atoms with Crippen LogP contribution in [0, 0.1) is 29.1 Å². The number of oxime groups is 1. The number of allylic oxidation sites excluding steroid dienone is 1. The van der Waals surface area contributed by atoms with E-state index >= 15 is 4.79 Å². The van der Waals surface area contributed by atoms with Crippen molar-refractivity contribution in [2.75, 3.05) is 72.3 Å². The molecule has 0 bridgehead atoms. The van der Waals surface area contributed by atoms with Crippen LogP contribution in [0.3, 0.4) is 0 Å². The Kier molecular flexibility index (Phi) is 18.7. The molecule has 3 aromatic carbocycles. The fraction of sp³-hybridized carbons (Fsp3) is 0.509. The molecule has 0 radical (unpaired) electrons. The van der Waals surface area contributed by atoms with E-state index < -0.39 is 36.0 Å². The van der Waals surface area contributed by atoms with Crippen LogP contribution in [-0.4, -0.2) is 123 Å². The number of ether oxygens (including phenoxy) is 7. The van der Waals surface area contributed by atoms with Crippen molar-refractivity contribution >= 4 is 23.4 Å². The first-order valence-corrected chi connectivity index (χ1v) is 24.3. The zero-order chi connectivity index (χ0) is 49.5. The zero-order valence-corrected chi connectivity index (χ0v) is 40.1. The molecule has 2 heterocycles. The van der Waals surface area contributed by atoms with E-state index in [4.69, 9.17) is 43.2 Å². The summed E-state index contributed by atoms with van der Waals surface area (Å²) in [6, 6.07) is 17.9. The monoisotopic (exact) mass is 966 g/mol. The minimum absolute atomic E-state index is 0.0134. The SMILES string of the molecule is C=CCOC12Oc3ccc(OC(=O)Nc4ccc(OC)cc4OC)cc3C3C(CCCCO)C(CCCCO)C=C(C(=NOC4CCCCO4)CC1N(CCOCCO)C(=O)c1ccc(C#N)cc1)C32. The van der Waals surface area contributed by atoms with Crippen LogP contribution in [0.5, 0.6) is 23.0 Å². The molecular formula is C53H66N4O13. The topological polar surface area (TPSA) is 220 Å². The minimum Gasteiger partial charge on any atom is -0.497 e. The predicted octanol–water partition coefficient (Wildman–Crippen LogP) is 7.50. The number of hydrogen-bond donors (Lipinski definition) is 4. The van der Waals surface area contributed by atoms with Crippen LogP contribution in [-0.2, 0) is 19.0 Å². The summed E-state index contributed by atoms with van der Waals surface area (Å²) < 4.78 is 43.1. The Hall–Kier alpha value is -6.00. The van der Waals surface area contributed by atoms with Gasteiger partial charge >= 0.3 is 6.09 Å². The van der Waals surface area contributed by atoms with Gasteiger partial charge in [0.1, 0.15) is 29.0 Å². The number of carbonyl (C=O) groups is 2. The van der Waals surface area contributed by atoms with Crippen LogP contribution in [0.25, 0.3) is 0 Å². The number of methoxy groups -OCH3 is 2. The molecule has 2 amide bonds. The molecule has 7 rings (SSSR count). The highest BCUT2D eigenvalue weighted by molar-refractivity contribution is 6.03. The number of aliphatic hydroxyl groups is 3. The van der Waals surface area contributed by atoms with Gasteiger partial charge in [-0.05, 0) is 111 Å². The molecule has 0 spiro atoms. The molecule has 1 saturated carbocycles. The number of rotatable bonds is 24. The van der Waals surface area contributed by atoms with E-state index in [0.29, 0.717) is 78.5 Å². The Bertz CT molecular complexity index is 2350. The van der Waals surface area contributed by atoms with E-state index in [1.807, 2.05) is 6.07 Å². The quantitative estimate of drug-likeness (QED) is 0.0388. The third-order valence-electron chi connectivity index (χ3n) is 13.5. The average Bonchev–Trinajstić information content (AvgIpc) is 3.39. The van der Waals surface area contributed by atoms with Gasteiger partial charge in [-0.3, -0.25) is 10.1 Å². The lowest BCUT2D eigenvalue weighted by Gasteiger charge is -2.60. The number of fused-ring (bicyclic) bond motifs is 2. The van der Waals surface area contributed by atoms with Gasteiger partial charge in [-0.15, -0.1) is 6.58 Å². The van der Waals surface area contributed by atoms with Gasteiger partial charge in [0, 0.05) is 55.7 Å². The molecule has 7 atom stereocenters. The van der Waals surface area contributed by atoms with E-state index in [0.717, 1.165) is 36.8 Å². The minimum atomic E-state index is -1.60. The maximum Gasteiger partial charge on any atom is 0.417 e. The summed E-state index contributed by atoms with van der Waals surface area (Å²) in [5.74, 6) is -1.61. The van der Waals surface area contributed by atoms with Crippen molar-refractivity contribution in [3.8, 4) is 29.1 Å². The first kappa shape index (κ1) is 51.8. The molecule has 0 aromatic heterocycles. The average molecular weight is 967 g/mol. The van der Waals surface area contributed by atoms with Gasteiger partial charge < -0.3 is 58.2 Å². The number of nitrogens with one attached hydrogen (secondary N) is 1. The fourth-order valence-electron chi connectivity index (χ4n) is 10.4. The van der Waals surface area contributed by atoms with Crippen LogP contribution < -0.4 is 24.3 Å². The molecule has 4 N–H and O–H groups in total. The smallest absolute Gasteiger partial charge is 0.417 e. The summed E-state index contributed by atoms with van der Waals surface area (Å²) in [5, 5.41) is 47.0. The molecule has 2 aliphatic carbocycles. The molecule has 1 saturated heterocycles. The number of carbonyl (C=O) groups excluding carboxylic acids is 2. The summed E-state index contributed by atoms with van der Waals surface area (Å²) in [5.41, 5.74) is 3.23. The fourth-order valence-corrected chi connectivity index (χ4v) is 10.4. The van der Waals surface area contributed by atoms with Gasteiger partial charge in [-0.1, -0.05) is 30.1 Å². The lowest BCUT2D eigenvalue weighted by molar-refractivity contribution is -0.255. The number of nitrogens with zero attached hydrogens (tertiary/aromatic N) is 3. The van der Waals surface area contributed by atoms with E-state index in [1.54, 1.807) is 65.6 Å². The maximum absolute atomic E-state index is 15.2. The first-order valence-electron chi connectivity index (χ1n) is 24.3. The van der Waals surface area contributed by atoms with Gasteiger partial charge in [-0.25, -0.2) is 4.79 Å². The Morgan fingerprint density at radius 2 is 1.74 bits per heavy atom. The third kappa shape index (κ3) is 11.9. The molecule has 17 heteroatoms. The Balaban J connectivity index is 1.41. The second-order valence-corrected chi connectivity index (χ2v) is 17.8. The van der Waals surface area contributed by atoms with Crippen molar-refractivity contribution in [1.82, 2.24) is 4.90 Å². The number of benzene rings is 3. The molecule has 376 valence electrons. The summed E-state index contributed by atoms with van der Waals surface area (Å²) in [6.45, 7) is 4.60. The molecule has 2 aliphatic heterocycles. The highest BCUT2D eigenvalue weighted by atomic mass is 16.8. The second-order valence-electron chi connectivity index (χ2n) is 17.8. The lowest BCUT2D eigenvalue weighted by Crippen LogP contribution is -2.70. The maximum atomic E-state index is 15.2. The van der Waals surface area contributed by atoms with Gasteiger partial charge in [0.15, 0.2) is 0 Å². The van der Waals surface area contributed by atoms with Crippen LogP contribution in [0.4, 0.5) is 10.5 Å². The van der Waals surface area contributed by atoms with Crippen molar-refractivity contribution in [3.05, 3.63) is 102 Å². The molecule has 2 fully saturated rings. The van der Waals surface area contributed by atoms with Crippen molar-refractivity contribution in [2.24, 2.45) is 22.9 Å². The number of hydrogen-bond acceptors (Lipinski definition) is 15. The summed E-state index contributed by atoms with van der Waals surface area (Å²) in [7, 11) is 3.03. The summed E-state index contributed by atoms with van der Waals surface area (Å²) >= 11 is 0. The van der Waals surface area contributed by atoms with E-state index in [9.17, 15) is 25.4 Å². The highest BCUT2D eigenvalue weighted by Gasteiger charge is 2.65. The number of anilines is 1. The molecule has 4 aliphatic rings. The van der Waals surface area contributed by atoms with E-state index in [2.05, 4.69) is 24.0 Å². The van der Waals surface area contributed by atoms with Gasteiger partial charge in [0.25, 0.3) is 5.91 Å². The number of amides is 2. The zero-order valence-electron chi connectivity index (χ0n) is 40.1. The summed E-state index contributed by atoms with van der Waals surface area (Å²) in [6.07, 6.45) is 9.15. The lowest BCUT2D eigenvalue weighted by atomic mass is 9.55. The van der Waals surface area contributed by atoms with Crippen molar-refractivity contribution in [3.63, 3.8) is 0 Å². The molecular weight excluding hydrogens is 901 g/mol. The van der Waals surface area contributed by atoms with Gasteiger partial charge in [0.05, 0.1) is 76.2 Å². The second kappa shape index (κ2) is 25.2. The Labute approximate surface area is 409 Å². The predicted molar refractivity (Wildman–Crippen MR) is 259 cm³/mol. The molecule has 17 nitrogen and oxygen atoms in total. The third-order valence-corrected chi connectivity index (χ3v) is 13.5. The van der Waals surface area contributed by atoms with Crippen LogP contribution >= 0.6 is 0 Å². The first-order chi connectivity index (χ1) is 34.2. The van der Waals surface area contributed by atoms with Gasteiger partial charge in [-0.2, -0.15) is 5.26 Å². The van der Waals surface area contributed by atoms with Crippen molar-refractivity contribution < 1.29 is 62.9 Å². The number of aliphatic hydroxyl groups excluding tert-OH is 3. The van der Waals surface area contributed by atoms with Crippen LogP contribution in [0.2, 0.25) is 0 Å². The molecule has 3 aromatic rings. The largest absolute Gasteiger partial charge is 0.497 e. The molecule has 70 heavy (non-hydrogen) atoms. The summed E-state index contributed by atoms with van der Waals surface area (Å²) in [4.78, 5) is 36.8. The van der Waals surface area contributed by atoms with Gasteiger partial charge in [0.2, 0.25) is 12.1 Å². The van der Waals surface area contributed by atoms with E-state index in [1.165, 1.54) is 14.2 Å². The highest BCUT2D eigenvalue weighted by Crippen LogP contribution is 2.62. The van der Waals surface area contributed by atoms with E-state index in [-0.39, 0.29) is 76.1 Å². The van der Waals surface area contributed by atoms with Crippen molar-refractivity contribution in [1.29, 1.82) is 5.26 Å². The number of nitriles is 1. The van der Waals surface area contributed by atoms with Crippen LogP contribution in [0.15, 0.2) is 90.1 Å². The molecule has 7 unspecified atom stereocenters.